The van der Waals surface area contributed by atoms with E-state index in [4.69, 9.17) is 4.74 Å². The molecule has 0 aliphatic carbocycles. The highest BCUT2D eigenvalue weighted by Gasteiger charge is 2.30. The van der Waals surface area contributed by atoms with Crippen molar-refractivity contribution in [2.45, 2.75) is 19.1 Å². The summed E-state index contributed by atoms with van der Waals surface area (Å²) in [5.41, 5.74) is 0. The number of aliphatic hydroxyl groups is 1. The molecule has 2 heterocycles. The average Bonchev–Trinajstić information content (AvgIpc) is 2.90. The molecule has 0 radical (unpaired) electrons. The molecule has 6 heteroatoms. The molecule has 1 saturated heterocycles. The van der Waals surface area contributed by atoms with Gasteiger partial charge in [0.05, 0.1) is 30.2 Å². The van der Waals surface area contributed by atoms with Crippen LogP contribution in [-0.2, 0) is 4.74 Å². The van der Waals surface area contributed by atoms with Crippen LogP contribution in [0.3, 0.4) is 0 Å². The highest BCUT2D eigenvalue weighted by molar-refractivity contribution is 7.20. The van der Waals surface area contributed by atoms with Crippen molar-refractivity contribution in [2.24, 2.45) is 0 Å². The van der Waals surface area contributed by atoms with Crippen molar-refractivity contribution in [2.75, 3.05) is 19.8 Å². The molecule has 1 amide bonds. The minimum Gasteiger partial charge on any atom is -0.394 e. The van der Waals surface area contributed by atoms with Gasteiger partial charge in [-0.05, 0) is 30.5 Å². The van der Waals surface area contributed by atoms with E-state index in [-0.39, 0.29) is 30.5 Å². The third-order valence-electron chi connectivity index (χ3n) is 3.66. The molecule has 2 unspecified atom stereocenters. The highest BCUT2D eigenvalue weighted by Crippen LogP contribution is 2.28. The van der Waals surface area contributed by atoms with Gasteiger partial charge in [-0.25, -0.2) is 4.39 Å². The van der Waals surface area contributed by atoms with Crippen LogP contribution in [0.15, 0.2) is 24.3 Å². The van der Waals surface area contributed by atoms with Gasteiger partial charge in [-0.15, -0.1) is 11.3 Å². The van der Waals surface area contributed by atoms with Gasteiger partial charge in [0.1, 0.15) is 5.82 Å². The number of ether oxygens (including phenoxy) is 1. The van der Waals surface area contributed by atoms with Crippen molar-refractivity contribution in [3.05, 3.63) is 35.0 Å². The number of carbonyl (C=O) groups excluding carboxylic acids is 1. The summed E-state index contributed by atoms with van der Waals surface area (Å²) in [5, 5.41) is 10.1. The van der Waals surface area contributed by atoms with Crippen LogP contribution in [0.1, 0.15) is 16.6 Å². The van der Waals surface area contributed by atoms with Gasteiger partial charge in [-0.3, -0.25) is 4.79 Å². The number of carbonyl (C=O) groups is 1. The third kappa shape index (κ3) is 2.79. The van der Waals surface area contributed by atoms with Crippen molar-refractivity contribution < 1.29 is 19.0 Å². The fourth-order valence-electron chi connectivity index (χ4n) is 2.46. The van der Waals surface area contributed by atoms with Gasteiger partial charge < -0.3 is 14.7 Å². The van der Waals surface area contributed by atoms with Crippen molar-refractivity contribution >= 4 is 27.3 Å². The maximum atomic E-state index is 13.2. The zero-order valence-electron chi connectivity index (χ0n) is 11.6. The number of aliphatic hydroxyl groups excluding tert-OH is 1. The maximum Gasteiger partial charge on any atom is 0.264 e. The second kappa shape index (κ2) is 5.71. The Kier molecular flexibility index (Phi) is 3.93. The van der Waals surface area contributed by atoms with Crippen molar-refractivity contribution in [1.29, 1.82) is 0 Å². The summed E-state index contributed by atoms with van der Waals surface area (Å²) in [6, 6.07) is 6.26. The highest BCUT2D eigenvalue weighted by atomic mass is 32.1. The number of fused-ring (bicyclic) bond motifs is 1. The molecule has 0 saturated carbocycles. The summed E-state index contributed by atoms with van der Waals surface area (Å²) in [4.78, 5) is 14.9. The number of morpholine rings is 1. The molecule has 3 rings (SSSR count). The van der Waals surface area contributed by atoms with Gasteiger partial charge in [0.2, 0.25) is 0 Å². The van der Waals surface area contributed by atoms with Crippen LogP contribution in [0.4, 0.5) is 4.39 Å². The Morgan fingerprint density at radius 2 is 2.33 bits per heavy atom. The second-order valence-corrected chi connectivity index (χ2v) is 6.32. The molecular formula is C15H16FNO3S. The number of benzene rings is 1. The molecular weight excluding hydrogens is 293 g/mol. The number of halogens is 1. The van der Waals surface area contributed by atoms with E-state index in [0.717, 1.165) is 10.1 Å². The normalized spacial score (nSPS) is 22.7. The van der Waals surface area contributed by atoms with E-state index in [1.54, 1.807) is 17.0 Å². The van der Waals surface area contributed by atoms with Crippen LogP contribution < -0.4 is 0 Å². The van der Waals surface area contributed by atoms with Crippen LogP contribution >= 0.6 is 11.3 Å². The largest absolute Gasteiger partial charge is 0.394 e. The topological polar surface area (TPSA) is 49.8 Å². The number of hydrogen-bond acceptors (Lipinski definition) is 4. The number of thiophene rings is 1. The van der Waals surface area contributed by atoms with Crippen LogP contribution in [0.5, 0.6) is 0 Å². The second-order valence-electron chi connectivity index (χ2n) is 5.24. The monoisotopic (exact) mass is 309 g/mol. The number of nitrogens with zero attached hydrogens (tertiary/aromatic N) is 1. The Bertz CT molecular complexity index is 672. The lowest BCUT2D eigenvalue weighted by Crippen LogP contribution is -2.51. The lowest BCUT2D eigenvalue weighted by atomic mass is 10.2. The van der Waals surface area contributed by atoms with Crippen molar-refractivity contribution in [3.8, 4) is 0 Å². The van der Waals surface area contributed by atoms with Crippen LogP contribution in [0.2, 0.25) is 0 Å². The van der Waals surface area contributed by atoms with E-state index < -0.39 is 0 Å². The van der Waals surface area contributed by atoms with Gasteiger partial charge in [0, 0.05) is 11.2 Å². The number of rotatable bonds is 2. The summed E-state index contributed by atoms with van der Waals surface area (Å²) in [6.45, 7) is 2.60. The van der Waals surface area contributed by atoms with E-state index in [1.165, 1.54) is 23.5 Å². The molecule has 1 fully saturated rings. The lowest BCUT2D eigenvalue weighted by molar-refractivity contribution is -0.0666. The Hall–Kier alpha value is -1.50. The Morgan fingerprint density at radius 1 is 1.52 bits per heavy atom. The van der Waals surface area contributed by atoms with Crippen LogP contribution in [-0.4, -0.2) is 47.8 Å². The first-order chi connectivity index (χ1) is 10.1. The summed E-state index contributed by atoms with van der Waals surface area (Å²) in [7, 11) is 0. The summed E-state index contributed by atoms with van der Waals surface area (Å²) >= 11 is 1.29. The first-order valence-electron chi connectivity index (χ1n) is 6.81. The SMILES string of the molecule is CC1COC(CO)CN1C(=O)c1cc2ccc(F)cc2s1. The molecule has 2 atom stereocenters. The van der Waals surface area contributed by atoms with Gasteiger partial charge >= 0.3 is 0 Å². The van der Waals surface area contributed by atoms with Gasteiger partial charge in [-0.2, -0.15) is 0 Å². The number of amides is 1. The molecule has 4 nitrogen and oxygen atoms in total. The zero-order chi connectivity index (χ0) is 15.0. The standard InChI is InChI=1S/C15H16FNO3S/c1-9-8-20-12(7-18)6-17(9)15(19)14-4-10-2-3-11(16)5-13(10)21-14/h2-5,9,12,18H,6-8H2,1H3. The predicted molar refractivity (Wildman–Crippen MR) is 79.1 cm³/mol. The molecule has 2 aromatic rings. The molecule has 112 valence electrons. The molecule has 1 aromatic heterocycles. The fraction of sp³-hybridized carbons (Fsp3) is 0.400. The quantitative estimate of drug-likeness (QED) is 0.926. The molecule has 1 aliphatic rings. The van der Waals surface area contributed by atoms with E-state index in [1.807, 2.05) is 6.92 Å². The van der Waals surface area contributed by atoms with E-state index >= 15 is 0 Å². The first-order valence-corrected chi connectivity index (χ1v) is 7.62. The summed E-state index contributed by atoms with van der Waals surface area (Å²) in [6.07, 6.45) is -0.336. The van der Waals surface area contributed by atoms with E-state index in [2.05, 4.69) is 0 Å². The Labute approximate surface area is 125 Å². The van der Waals surface area contributed by atoms with Crippen molar-refractivity contribution in [3.63, 3.8) is 0 Å². The molecule has 1 N–H and O–H groups in total. The van der Waals surface area contributed by atoms with Crippen LogP contribution in [0, 0.1) is 5.82 Å². The van der Waals surface area contributed by atoms with Gasteiger partial charge in [0.25, 0.3) is 5.91 Å². The number of hydrogen-bond donors (Lipinski definition) is 1. The fourth-order valence-corrected chi connectivity index (χ4v) is 3.51. The lowest BCUT2D eigenvalue weighted by Gasteiger charge is -2.37. The minimum atomic E-state index is -0.336. The predicted octanol–water partition coefficient (Wildman–Crippen LogP) is 2.26. The molecule has 1 aliphatic heterocycles. The maximum absolute atomic E-state index is 13.2. The smallest absolute Gasteiger partial charge is 0.264 e. The molecule has 0 bridgehead atoms. The van der Waals surface area contributed by atoms with E-state index in [9.17, 15) is 14.3 Å². The van der Waals surface area contributed by atoms with Crippen molar-refractivity contribution in [1.82, 2.24) is 4.90 Å². The van der Waals surface area contributed by atoms with Gasteiger partial charge in [0.15, 0.2) is 0 Å². The third-order valence-corrected chi connectivity index (χ3v) is 4.75. The summed E-state index contributed by atoms with van der Waals surface area (Å²) in [5.74, 6) is -0.394. The Balaban J connectivity index is 1.88. The molecule has 0 spiro atoms. The molecule has 1 aromatic carbocycles. The average molecular weight is 309 g/mol. The minimum absolute atomic E-state index is 0.0396. The molecule has 21 heavy (non-hydrogen) atoms. The van der Waals surface area contributed by atoms with E-state index in [0.29, 0.717) is 18.0 Å². The zero-order valence-corrected chi connectivity index (χ0v) is 12.4. The first kappa shape index (κ1) is 14.4. The van der Waals surface area contributed by atoms with Crippen LogP contribution in [0.25, 0.3) is 10.1 Å². The van der Waals surface area contributed by atoms with Gasteiger partial charge in [-0.1, -0.05) is 6.07 Å². The summed E-state index contributed by atoms with van der Waals surface area (Å²) < 4.78 is 19.4. The Morgan fingerprint density at radius 3 is 3.10 bits per heavy atom.